The summed E-state index contributed by atoms with van der Waals surface area (Å²) in [5.41, 5.74) is -0.568. The Morgan fingerprint density at radius 2 is 2.05 bits per heavy atom. The molecular weight excluding hydrogens is 254 g/mol. The Balaban J connectivity index is 2.65. The van der Waals surface area contributed by atoms with Crippen LogP contribution in [0.25, 0.3) is 0 Å². The van der Waals surface area contributed by atoms with Gasteiger partial charge in [-0.15, -0.1) is 0 Å². The van der Waals surface area contributed by atoms with Crippen LogP contribution in [0.3, 0.4) is 0 Å². The van der Waals surface area contributed by atoms with Crippen LogP contribution >= 0.6 is 0 Å². The molecule has 0 unspecified atom stereocenters. The monoisotopic (exact) mass is 271 g/mol. The average molecular weight is 271 g/mol. The molecule has 20 heavy (non-hydrogen) atoms. The van der Waals surface area contributed by atoms with Crippen LogP contribution in [-0.2, 0) is 4.79 Å². The summed E-state index contributed by atoms with van der Waals surface area (Å²) in [6.07, 6.45) is 0. The third-order valence-corrected chi connectivity index (χ3v) is 3.15. The zero-order valence-corrected chi connectivity index (χ0v) is 11.8. The molecule has 5 heteroatoms. The second kappa shape index (κ2) is 6.58. The molecule has 0 fully saturated rings. The number of para-hydroxylation sites is 1. The van der Waals surface area contributed by atoms with E-state index in [0.717, 1.165) is 0 Å². The van der Waals surface area contributed by atoms with Crippen molar-refractivity contribution in [2.75, 3.05) is 6.61 Å². The summed E-state index contributed by atoms with van der Waals surface area (Å²) in [5, 5.41) is 20.7. The number of amides is 1. The van der Waals surface area contributed by atoms with Gasteiger partial charge in [-0.2, -0.15) is 10.5 Å². The Morgan fingerprint density at radius 3 is 2.60 bits per heavy atom. The first-order valence-corrected chi connectivity index (χ1v) is 6.27. The van der Waals surface area contributed by atoms with Gasteiger partial charge in [0.25, 0.3) is 5.91 Å². The highest BCUT2D eigenvalue weighted by atomic mass is 16.5. The lowest BCUT2D eigenvalue weighted by Gasteiger charge is -2.27. The topological polar surface area (TPSA) is 85.9 Å². The van der Waals surface area contributed by atoms with Crippen LogP contribution in [0.2, 0.25) is 0 Å². The Morgan fingerprint density at radius 1 is 1.40 bits per heavy atom. The van der Waals surface area contributed by atoms with Gasteiger partial charge >= 0.3 is 0 Å². The first kappa shape index (κ1) is 15.5. The number of hydrogen-bond donors (Lipinski definition) is 1. The lowest BCUT2D eigenvalue weighted by Crippen LogP contribution is -2.50. The minimum absolute atomic E-state index is 0.0251. The lowest BCUT2D eigenvalue weighted by atomic mass is 9.90. The van der Waals surface area contributed by atoms with Gasteiger partial charge in [-0.05, 0) is 25.0 Å². The van der Waals surface area contributed by atoms with E-state index in [1.807, 2.05) is 19.9 Å². The van der Waals surface area contributed by atoms with E-state index in [1.165, 1.54) is 0 Å². The van der Waals surface area contributed by atoms with Crippen molar-refractivity contribution in [2.45, 2.75) is 26.3 Å². The number of rotatable bonds is 5. The minimum atomic E-state index is -0.935. The summed E-state index contributed by atoms with van der Waals surface area (Å²) in [5.74, 6) is -0.0632. The highest BCUT2D eigenvalue weighted by Gasteiger charge is 2.30. The van der Waals surface area contributed by atoms with Crippen molar-refractivity contribution in [1.82, 2.24) is 5.32 Å². The van der Waals surface area contributed by atoms with E-state index in [4.69, 9.17) is 15.3 Å². The normalized spacial score (nSPS) is 12.9. The highest BCUT2D eigenvalue weighted by molar-refractivity contribution is 5.79. The minimum Gasteiger partial charge on any atom is -0.482 e. The van der Waals surface area contributed by atoms with Crippen molar-refractivity contribution < 1.29 is 9.53 Å². The number of ether oxygens (including phenoxy) is 1. The predicted octanol–water partition coefficient (Wildman–Crippen LogP) is 1.99. The maximum atomic E-state index is 11.8. The molecule has 0 saturated heterocycles. The number of nitrogens with zero attached hydrogens (tertiary/aromatic N) is 2. The average Bonchev–Trinajstić information content (AvgIpc) is 2.45. The third-order valence-electron chi connectivity index (χ3n) is 3.15. The van der Waals surface area contributed by atoms with Crippen molar-refractivity contribution >= 4 is 5.91 Å². The molecular formula is C15H17N3O2. The van der Waals surface area contributed by atoms with Crippen molar-refractivity contribution in [3.8, 4) is 17.9 Å². The summed E-state index contributed by atoms with van der Waals surface area (Å²) in [7, 11) is 0. The van der Waals surface area contributed by atoms with Gasteiger partial charge in [-0.25, -0.2) is 0 Å². The maximum Gasteiger partial charge on any atom is 0.259 e. The van der Waals surface area contributed by atoms with Gasteiger partial charge in [0.1, 0.15) is 17.4 Å². The van der Waals surface area contributed by atoms with Gasteiger partial charge in [0, 0.05) is 0 Å². The van der Waals surface area contributed by atoms with Gasteiger partial charge in [-0.1, -0.05) is 26.0 Å². The Kier molecular flexibility index (Phi) is 5.11. The van der Waals surface area contributed by atoms with E-state index in [9.17, 15) is 4.79 Å². The number of nitriles is 2. The first-order valence-electron chi connectivity index (χ1n) is 6.27. The maximum absolute atomic E-state index is 11.8. The van der Waals surface area contributed by atoms with Gasteiger partial charge < -0.3 is 10.1 Å². The number of nitrogens with one attached hydrogen (secondary N) is 1. The molecule has 0 aliphatic heterocycles. The molecule has 1 aromatic carbocycles. The first-order chi connectivity index (χ1) is 9.42. The van der Waals surface area contributed by atoms with Gasteiger partial charge in [0.15, 0.2) is 6.61 Å². The zero-order valence-electron chi connectivity index (χ0n) is 11.8. The molecule has 104 valence electrons. The van der Waals surface area contributed by atoms with Crippen LogP contribution in [-0.4, -0.2) is 18.1 Å². The summed E-state index contributed by atoms with van der Waals surface area (Å²) < 4.78 is 5.32. The fraction of sp³-hybridized carbons (Fsp3) is 0.400. The smallest absolute Gasteiger partial charge is 0.259 e. The van der Waals surface area contributed by atoms with Crippen LogP contribution in [0.4, 0.5) is 0 Å². The van der Waals surface area contributed by atoms with E-state index < -0.39 is 11.4 Å². The largest absolute Gasteiger partial charge is 0.482 e. The summed E-state index contributed by atoms with van der Waals surface area (Å²) in [6.45, 7) is 5.14. The van der Waals surface area contributed by atoms with Crippen LogP contribution in [0.1, 0.15) is 26.3 Å². The van der Waals surface area contributed by atoms with Gasteiger partial charge in [0.05, 0.1) is 11.6 Å². The quantitative estimate of drug-likeness (QED) is 0.887. The number of hydrogen-bond acceptors (Lipinski definition) is 4. The van der Waals surface area contributed by atoms with E-state index in [-0.39, 0.29) is 12.5 Å². The van der Waals surface area contributed by atoms with Gasteiger partial charge in [0.2, 0.25) is 0 Å². The molecule has 0 radical (unpaired) electrons. The molecule has 0 heterocycles. The third kappa shape index (κ3) is 3.73. The lowest BCUT2D eigenvalue weighted by molar-refractivity contribution is -0.124. The summed E-state index contributed by atoms with van der Waals surface area (Å²) in [4.78, 5) is 11.8. The van der Waals surface area contributed by atoms with Crippen LogP contribution in [0.15, 0.2) is 24.3 Å². The molecule has 0 aromatic heterocycles. The standard InChI is InChI=1S/C15H17N3O2/c1-11(2)15(3,10-17)18-14(19)9-20-13-7-5-4-6-12(13)8-16/h4-7,11H,9H2,1-3H3,(H,18,19)/t15-/m1/s1. The molecule has 1 amide bonds. The fourth-order valence-electron chi connectivity index (χ4n) is 1.46. The number of benzene rings is 1. The number of carbonyl (C=O) groups excluding carboxylic acids is 1. The Labute approximate surface area is 118 Å². The molecule has 0 aliphatic rings. The van der Waals surface area contributed by atoms with E-state index in [1.54, 1.807) is 31.2 Å². The van der Waals surface area contributed by atoms with Gasteiger partial charge in [-0.3, -0.25) is 4.79 Å². The molecule has 0 aliphatic carbocycles. The van der Waals surface area contributed by atoms with Crippen LogP contribution in [0.5, 0.6) is 5.75 Å². The number of carbonyl (C=O) groups is 1. The second-order valence-corrected chi connectivity index (χ2v) is 4.91. The molecule has 1 atom stereocenters. The van der Waals surface area contributed by atoms with Crippen molar-refractivity contribution in [3.05, 3.63) is 29.8 Å². The molecule has 0 bridgehead atoms. The van der Waals surface area contributed by atoms with E-state index in [0.29, 0.717) is 11.3 Å². The zero-order chi connectivity index (χ0) is 15.2. The Hall–Kier alpha value is -2.53. The van der Waals surface area contributed by atoms with E-state index in [2.05, 4.69) is 11.4 Å². The van der Waals surface area contributed by atoms with E-state index >= 15 is 0 Å². The molecule has 1 N–H and O–H groups in total. The molecule has 5 nitrogen and oxygen atoms in total. The summed E-state index contributed by atoms with van der Waals surface area (Å²) in [6, 6.07) is 10.8. The Bertz CT molecular complexity index is 569. The highest BCUT2D eigenvalue weighted by Crippen LogP contribution is 2.17. The van der Waals surface area contributed by atoms with Crippen molar-refractivity contribution in [2.24, 2.45) is 5.92 Å². The molecule has 1 rings (SSSR count). The molecule has 0 saturated carbocycles. The summed E-state index contributed by atoms with van der Waals surface area (Å²) >= 11 is 0. The van der Waals surface area contributed by atoms with Crippen LogP contribution in [0, 0.1) is 28.6 Å². The molecule has 0 spiro atoms. The van der Waals surface area contributed by atoms with Crippen molar-refractivity contribution in [3.63, 3.8) is 0 Å². The fourth-order valence-corrected chi connectivity index (χ4v) is 1.46. The second-order valence-electron chi connectivity index (χ2n) is 4.91. The SMILES string of the molecule is CC(C)[C@@](C)(C#N)NC(=O)COc1ccccc1C#N. The molecule has 1 aromatic rings. The van der Waals surface area contributed by atoms with Crippen molar-refractivity contribution in [1.29, 1.82) is 10.5 Å². The predicted molar refractivity (Wildman–Crippen MR) is 73.7 cm³/mol. The van der Waals surface area contributed by atoms with Crippen LogP contribution < -0.4 is 10.1 Å².